The number of hydrogen-bond donors (Lipinski definition) is 0. The summed E-state index contributed by atoms with van der Waals surface area (Å²) in [4.78, 5) is 14.3. The number of rotatable bonds is 3. The molecule has 1 aliphatic heterocycles. The van der Waals surface area contributed by atoms with Gasteiger partial charge in [0.25, 0.3) is 0 Å². The number of ether oxygens (including phenoxy) is 1. The SMILES string of the molecule is CCc1ccc(C2CCN(C)CC2C(=O)OC)cc1I. The largest absolute Gasteiger partial charge is 0.469 e. The molecule has 1 aliphatic rings. The lowest BCUT2D eigenvalue weighted by molar-refractivity contribution is -0.148. The average Bonchev–Trinajstić information content (AvgIpc) is 2.46. The highest BCUT2D eigenvalue weighted by molar-refractivity contribution is 14.1. The first-order chi connectivity index (χ1) is 9.56. The molecule has 1 aromatic rings. The van der Waals surface area contributed by atoms with Gasteiger partial charge in [-0.1, -0.05) is 19.1 Å². The number of likely N-dealkylation sites (tertiary alicyclic amines) is 1. The molecule has 0 aliphatic carbocycles. The van der Waals surface area contributed by atoms with Gasteiger partial charge in [0.1, 0.15) is 0 Å². The van der Waals surface area contributed by atoms with Crippen LogP contribution in [-0.4, -0.2) is 38.1 Å². The standard InChI is InChI=1S/C16H22INO2/c1-4-11-5-6-12(9-15(11)17)13-7-8-18(2)10-14(13)16(19)20-3/h5-6,9,13-14H,4,7-8,10H2,1-3H3. The quantitative estimate of drug-likeness (QED) is 0.590. The van der Waals surface area contributed by atoms with Gasteiger partial charge in [-0.25, -0.2) is 0 Å². The van der Waals surface area contributed by atoms with E-state index in [1.807, 2.05) is 0 Å². The molecular weight excluding hydrogens is 365 g/mol. The molecule has 0 aromatic heterocycles. The lowest BCUT2D eigenvalue weighted by atomic mass is 9.80. The number of nitrogens with zero attached hydrogens (tertiary/aromatic N) is 1. The zero-order chi connectivity index (χ0) is 14.7. The maximum atomic E-state index is 12.1. The van der Waals surface area contributed by atoms with Crippen molar-refractivity contribution in [1.82, 2.24) is 4.90 Å². The highest BCUT2D eigenvalue weighted by atomic mass is 127. The van der Waals surface area contributed by atoms with Crippen LogP contribution in [-0.2, 0) is 16.0 Å². The second-order valence-electron chi connectivity index (χ2n) is 5.49. The van der Waals surface area contributed by atoms with E-state index < -0.39 is 0 Å². The number of hydrogen-bond acceptors (Lipinski definition) is 3. The minimum atomic E-state index is -0.0869. The molecule has 2 atom stereocenters. The first-order valence-electron chi connectivity index (χ1n) is 7.11. The van der Waals surface area contributed by atoms with Crippen molar-refractivity contribution in [2.24, 2.45) is 5.92 Å². The number of benzene rings is 1. The minimum Gasteiger partial charge on any atom is -0.469 e. The predicted octanol–water partition coefficient (Wildman–Crippen LogP) is 3.06. The number of methoxy groups -OCH3 is 1. The number of carbonyl (C=O) groups excluding carboxylic acids is 1. The van der Waals surface area contributed by atoms with E-state index in [1.165, 1.54) is 21.8 Å². The Labute approximate surface area is 134 Å². The van der Waals surface area contributed by atoms with E-state index in [1.54, 1.807) is 0 Å². The normalized spacial score (nSPS) is 23.6. The summed E-state index contributed by atoms with van der Waals surface area (Å²) in [5.74, 6) is 0.135. The van der Waals surface area contributed by atoms with Crippen LogP contribution in [0.25, 0.3) is 0 Å². The molecule has 1 fully saturated rings. The van der Waals surface area contributed by atoms with Gasteiger partial charge in [-0.05, 0) is 72.1 Å². The van der Waals surface area contributed by atoms with Crippen molar-refractivity contribution < 1.29 is 9.53 Å². The van der Waals surface area contributed by atoms with E-state index in [0.29, 0.717) is 0 Å². The molecule has 1 heterocycles. The van der Waals surface area contributed by atoms with Gasteiger partial charge in [-0.15, -0.1) is 0 Å². The zero-order valence-corrected chi connectivity index (χ0v) is 14.5. The van der Waals surface area contributed by atoms with Crippen molar-refractivity contribution in [1.29, 1.82) is 0 Å². The van der Waals surface area contributed by atoms with E-state index in [9.17, 15) is 4.79 Å². The summed E-state index contributed by atoms with van der Waals surface area (Å²) in [6.07, 6.45) is 2.06. The van der Waals surface area contributed by atoms with Gasteiger partial charge in [0.15, 0.2) is 0 Å². The Morgan fingerprint density at radius 1 is 1.50 bits per heavy atom. The number of esters is 1. The van der Waals surface area contributed by atoms with Crippen LogP contribution in [0, 0.1) is 9.49 Å². The Kier molecular flexibility index (Phi) is 5.43. The van der Waals surface area contributed by atoms with Crippen LogP contribution in [0.2, 0.25) is 0 Å². The third kappa shape index (κ3) is 3.34. The first-order valence-corrected chi connectivity index (χ1v) is 8.19. The highest BCUT2D eigenvalue weighted by Gasteiger charge is 2.35. The molecule has 3 nitrogen and oxygen atoms in total. The van der Waals surface area contributed by atoms with E-state index in [4.69, 9.17) is 4.74 Å². The van der Waals surface area contributed by atoms with Crippen LogP contribution >= 0.6 is 22.6 Å². The van der Waals surface area contributed by atoms with Gasteiger partial charge in [0.05, 0.1) is 13.0 Å². The molecule has 1 aromatic carbocycles. The molecular formula is C16H22INO2. The van der Waals surface area contributed by atoms with Crippen LogP contribution in [0.15, 0.2) is 18.2 Å². The molecule has 4 heteroatoms. The Morgan fingerprint density at radius 3 is 2.85 bits per heavy atom. The molecule has 2 unspecified atom stereocenters. The van der Waals surface area contributed by atoms with Gasteiger partial charge < -0.3 is 9.64 Å². The fourth-order valence-electron chi connectivity index (χ4n) is 2.99. The summed E-state index contributed by atoms with van der Waals surface area (Å²) in [5, 5.41) is 0. The lowest BCUT2D eigenvalue weighted by Crippen LogP contribution is -2.41. The summed E-state index contributed by atoms with van der Waals surface area (Å²) in [6.45, 7) is 3.98. The van der Waals surface area contributed by atoms with Crippen LogP contribution in [0.3, 0.4) is 0 Å². The van der Waals surface area contributed by atoms with Crippen molar-refractivity contribution in [2.75, 3.05) is 27.2 Å². The minimum absolute atomic E-state index is 0.0537. The summed E-state index contributed by atoms with van der Waals surface area (Å²) < 4.78 is 6.29. The van der Waals surface area contributed by atoms with Crippen molar-refractivity contribution >= 4 is 28.6 Å². The van der Waals surface area contributed by atoms with Gasteiger partial charge in [0.2, 0.25) is 0 Å². The third-order valence-electron chi connectivity index (χ3n) is 4.21. The summed E-state index contributed by atoms with van der Waals surface area (Å²) in [6, 6.07) is 6.63. The Bertz CT molecular complexity index is 489. The molecule has 0 amide bonds. The van der Waals surface area contributed by atoms with Gasteiger partial charge in [-0.2, -0.15) is 0 Å². The number of halogens is 1. The molecule has 20 heavy (non-hydrogen) atoms. The van der Waals surface area contributed by atoms with Crippen LogP contribution in [0.1, 0.15) is 30.4 Å². The molecule has 110 valence electrons. The maximum Gasteiger partial charge on any atom is 0.310 e. The van der Waals surface area contributed by atoms with Crippen molar-refractivity contribution in [2.45, 2.75) is 25.7 Å². The Hall–Kier alpha value is -0.620. The first kappa shape index (κ1) is 15.8. The van der Waals surface area contributed by atoms with Crippen molar-refractivity contribution in [3.8, 4) is 0 Å². The molecule has 0 spiro atoms. The van der Waals surface area contributed by atoms with Crippen molar-refractivity contribution in [3.05, 3.63) is 32.9 Å². The summed E-state index contributed by atoms with van der Waals surface area (Å²) >= 11 is 2.39. The van der Waals surface area contributed by atoms with Crippen molar-refractivity contribution in [3.63, 3.8) is 0 Å². The third-order valence-corrected chi connectivity index (χ3v) is 5.21. The molecule has 0 radical (unpaired) electrons. The topological polar surface area (TPSA) is 29.5 Å². The van der Waals surface area contributed by atoms with Gasteiger partial charge >= 0.3 is 5.97 Å². The zero-order valence-electron chi connectivity index (χ0n) is 12.4. The summed E-state index contributed by atoms with van der Waals surface area (Å²) in [7, 11) is 3.55. The molecule has 1 saturated heterocycles. The van der Waals surface area contributed by atoms with Gasteiger partial charge in [0, 0.05) is 10.1 Å². The van der Waals surface area contributed by atoms with Crippen LogP contribution < -0.4 is 0 Å². The predicted molar refractivity (Wildman–Crippen MR) is 88.9 cm³/mol. The van der Waals surface area contributed by atoms with E-state index in [2.05, 4.69) is 59.7 Å². The average molecular weight is 387 g/mol. The van der Waals surface area contributed by atoms with E-state index in [0.717, 1.165) is 25.9 Å². The fourth-order valence-corrected chi connectivity index (χ4v) is 3.91. The maximum absolute atomic E-state index is 12.1. The lowest BCUT2D eigenvalue weighted by Gasteiger charge is -2.35. The fraction of sp³-hybridized carbons (Fsp3) is 0.562. The Balaban J connectivity index is 2.28. The summed E-state index contributed by atoms with van der Waals surface area (Å²) in [5.41, 5.74) is 2.65. The van der Waals surface area contributed by atoms with E-state index >= 15 is 0 Å². The molecule has 0 N–H and O–H groups in total. The molecule has 0 bridgehead atoms. The second-order valence-corrected chi connectivity index (χ2v) is 6.65. The number of aryl methyl sites for hydroxylation is 1. The molecule has 0 saturated carbocycles. The molecule has 2 rings (SSSR count). The number of carbonyl (C=O) groups is 1. The van der Waals surface area contributed by atoms with Gasteiger partial charge in [-0.3, -0.25) is 4.79 Å². The monoisotopic (exact) mass is 387 g/mol. The smallest absolute Gasteiger partial charge is 0.310 e. The van der Waals surface area contributed by atoms with Crippen LogP contribution in [0.4, 0.5) is 0 Å². The van der Waals surface area contributed by atoms with Crippen LogP contribution in [0.5, 0.6) is 0 Å². The second kappa shape index (κ2) is 6.89. The Morgan fingerprint density at radius 2 is 2.25 bits per heavy atom. The highest BCUT2D eigenvalue weighted by Crippen LogP contribution is 2.34. The number of piperidine rings is 1. The van der Waals surface area contributed by atoms with E-state index in [-0.39, 0.29) is 17.8 Å².